The third-order valence-corrected chi connectivity index (χ3v) is 4.89. The third kappa shape index (κ3) is 2.23. The van der Waals surface area contributed by atoms with Crippen LogP contribution in [0.5, 0.6) is 0 Å². The van der Waals surface area contributed by atoms with Gasteiger partial charge in [-0.3, -0.25) is 4.79 Å². The summed E-state index contributed by atoms with van der Waals surface area (Å²) in [6, 6.07) is 7.63. The van der Waals surface area contributed by atoms with Crippen LogP contribution in [0.25, 0.3) is 0 Å². The van der Waals surface area contributed by atoms with Crippen molar-refractivity contribution in [3.8, 4) is 0 Å². The number of nitrogens with zero attached hydrogens (tertiary/aromatic N) is 1. The summed E-state index contributed by atoms with van der Waals surface area (Å²) in [5.41, 5.74) is 0.774. The van der Waals surface area contributed by atoms with Crippen molar-refractivity contribution < 1.29 is 4.79 Å². The maximum Gasteiger partial charge on any atom is 0.202 e. The molecule has 0 radical (unpaired) electrons. The Balaban J connectivity index is 1.82. The average molecular weight is 339 g/mol. The minimum Gasteiger partial charge on any atom is -0.337 e. The SMILES string of the molecule is O=C1C(=CNc2ncc(Br)s2)Sc2ccccc21. The maximum atomic E-state index is 12.1. The number of halogens is 1. The molecule has 18 heavy (non-hydrogen) atoms. The van der Waals surface area contributed by atoms with E-state index in [1.807, 2.05) is 24.3 Å². The second-order valence-corrected chi connectivity index (χ2v) is 7.04. The van der Waals surface area contributed by atoms with Gasteiger partial charge in [0.05, 0.1) is 14.9 Å². The number of thioether (sulfide) groups is 1. The standard InChI is InChI=1S/C12H7BrN2OS2/c13-10-6-15-12(18-10)14-5-9-11(16)7-3-1-2-4-8(7)17-9/h1-6H,(H,14,15). The van der Waals surface area contributed by atoms with Crippen molar-refractivity contribution in [3.63, 3.8) is 0 Å². The molecule has 2 heterocycles. The molecule has 3 nitrogen and oxygen atoms in total. The zero-order chi connectivity index (χ0) is 12.5. The number of hydrogen-bond acceptors (Lipinski definition) is 5. The average Bonchev–Trinajstić information content (AvgIpc) is 2.92. The van der Waals surface area contributed by atoms with E-state index in [0.29, 0.717) is 4.91 Å². The highest BCUT2D eigenvalue weighted by atomic mass is 79.9. The number of carbonyl (C=O) groups is 1. The highest BCUT2D eigenvalue weighted by molar-refractivity contribution is 9.11. The normalized spacial score (nSPS) is 16.1. The Hall–Kier alpha value is -1.11. The van der Waals surface area contributed by atoms with Gasteiger partial charge in [0, 0.05) is 16.7 Å². The minimum atomic E-state index is 0.0683. The molecule has 0 saturated carbocycles. The number of rotatable bonds is 2. The van der Waals surface area contributed by atoms with Crippen molar-refractivity contribution >= 4 is 49.9 Å². The van der Waals surface area contributed by atoms with Crippen molar-refractivity contribution in [3.05, 3.63) is 50.9 Å². The van der Waals surface area contributed by atoms with Crippen molar-refractivity contribution in [2.24, 2.45) is 0 Å². The maximum absolute atomic E-state index is 12.1. The molecule has 0 spiro atoms. The minimum absolute atomic E-state index is 0.0683. The molecule has 0 aliphatic carbocycles. The molecule has 90 valence electrons. The molecule has 1 aromatic carbocycles. The fourth-order valence-electron chi connectivity index (χ4n) is 1.58. The molecule has 2 aromatic rings. The number of fused-ring (bicyclic) bond motifs is 1. The zero-order valence-electron chi connectivity index (χ0n) is 9.01. The molecule has 6 heteroatoms. The Morgan fingerprint density at radius 3 is 2.89 bits per heavy atom. The third-order valence-electron chi connectivity index (χ3n) is 2.38. The van der Waals surface area contributed by atoms with Crippen LogP contribution in [0.2, 0.25) is 0 Å². The van der Waals surface area contributed by atoms with Gasteiger partial charge in [0.15, 0.2) is 5.13 Å². The molecule has 1 aliphatic heterocycles. The number of nitrogens with one attached hydrogen (secondary N) is 1. The summed E-state index contributed by atoms with van der Waals surface area (Å²) < 4.78 is 0.956. The van der Waals surface area contributed by atoms with Crippen molar-refractivity contribution in [1.82, 2.24) is 4.98 Å². The van der Waals surface area contributed by atoms with E-state index in [-0.39, 0.29) is 5.78 Å². The Bertz CT molecular complexity index is 651. The van der Waals surface area contributed by atoms with Gasteiger partial charge in [0.2, 0.25) is 5.78 Å². The van der Waals surface area contributed by atoms with Crippen LogP contribution < -0.4 is 5.32 Å². The lowest BCUT2D eigenvalue weighted by Gasteiger charge is -1.95. The van der Waals surface area contributed by atoms with E-state index in [1.165, 1.54) is 23.1 Å². The predicted molar refractivity (Wildman–Crippen MR) is 78.1 cm³/mol. The summed E-state index contributed by atoms with van der Waals surface area (Å²) in [6.45, 7) is 0. The molecule has 0 unspecified atom stereocenters. The van der Waals surface area contributed by atoms with Gasteiger partial charge < -0.3 is 5.32 Å². The zero-order valence-corrected chi connectivity index (χ0v) is 12.2. The van der Waals surface area contributed by atoms with E-state index in [2.05, 4.69) is 26.2 Å². The quantitative estimate of drug-likeness (QED) is 0.835. The van der Waals surface area contributed by atoms with Gasteiger partial charge in [-0.05, 0) is 28.1 Å². The van der Waals surface area contributed by atoms with Crippen LogP contribution in [0.15, 0.2) is 50.2 Å². The van der Waals surface area contributed by atoms with Crippen LogP contribution in [0, 0.1) is 0 Å². The number of anilines is 1. The van der Waals surface area contributed by atoms with Crippen LogP contribution in [0.3, 0.4) is 0 Å². The molecule has 1 N–H and O–H groups in total. The summed E-state index contributed by atoms with van der Waals surface area (Å²) in [4.78, 5) is 17.9. The fraction of sp³-hybridized carbons (Fsp3) is 0. The van der Waals surface area contributed by atoms with Crippen LogP contribution in [-0.2, 0) is 0 Å². The number of Topliss-reactive ketones (excluding diaryl/α,β-unsaturated/α-hetero) is 1. The smallest absolute Gasteiger partial charge is 0.202 e. The number of carbonyl (C=O) groups excluding carboxylic acids is 1. The molecule has 0 atom stereocenters. The molecule has 0 fully saturated rings. The molecular weight excluding hydrogens is 332 g/mol. The van der Waals surface area contributed by atoms with Gasteiger partial charge in [-0.2, -0.15) is 0 Å². The molecule has 0 bridgehead atoms. The molecule has 0 saturated heterocycles. The summed E-state index contributed by atoms with van der Waals surface area (Å²) in [5.74, 6) is 0.0683. The van der Waals surface area contributed by atoms with Gasteiger partial charge >= 0.3 is 0 Å². The molecule has 3 rings (SSSR count). The Morgan fingerprint density at radius 2 is 2.17 bits per heavy atom. The second kappa shape index (κ2) is 4.87. The van der Waals surface area contributed by atoms with E-state index in [4.69, 9.17) is 0 Å². The first-order valence-corrected chi connectivity index (χ1v) is 7.56. The number of benzene rings is 1. The second-order valence-electron chi connectivity index (χ2n) is 3.55. The largest absolute Gasteiger partial charge is 0.337 e. The summed E-state index contributed by atoms with van der Waals surface area (Å²) >= 11 is 6.31. The molecule has 1 aromatic heterocycles. The monoisotopic (exact) mass is 338 g/mol. The first kappa shape index (κ1) is 12.0. The van der Waals surface area contributed by atoms with Crippen molar-refractivity contribution in [2.75, 3.05) is 5.32 Å². The number of allylic oxidation sites excluding steroid dienone is 1. The molecule has 0 amide bonds. The lowest BCUT2D eigenvalue weighted by molar-refractivity contribution is 0.104. The Kier molecular flexibility index (Phi) is 3.23. The van der Waals surface area contributed by atoms with Crippen LogP contribution in [0.1, 0.15) is 10.4 Å². The highest BCUT2D eigenvalue weighted by Gasteiger charge is 2.25. The van der Waals surface area contributed by atoms with Crippen molar-refractivity contribution in [1.29, 1.82) is 0 Å². The summed E-state index contributed by atoms with van der Waals surface area (Å²) in [5, 5.41) is 3.81. The lowest BCUT2D eigenvalue weighted by Crippen LogP contribution is -1.96. The van der Waals surface area contributed by atoms with Gasteiger partial charge in [-0.25, -0.2) is 4.98 Å². The molecule has 1 aliphatic rings. The number of ketones is 1. The topological polar surface area (TPSA) is 42.0 Å². The Morgan fingerprint density at radius 1 is 1.33 bits per heavy atom. The van der Waals surface area contributed by atoms with E-state index in [9.17, 15) is 4.79 Å². The van der Waals surface area contributed by atoms with E-state index >= 15 is 0 Å². The van der Waals surface area contributed by atoms with Crippen LogP contribution in [-0.4, -0.2) is 10.8 Å². The van der Waals surface area contributed by atoms with E-state index in [1.54, 1.807) is 12.4 Å². The summed E-state index contributed by atoms with van der Waals surface area (Å²) in [7, 11) is 0. The predicted octanol–water partition coefficient (Wildman–Crippen LogP) is 4.15. The van der Waals surface area contributed by atoms with Crippen LogP contribution >= 0.6 is 39.0 Å². The summed E-state index contributed by atoms with van der Waals surface area (Å²) in [6.07, 6.45) is 3.45. The van der Waals surface area contributed by atoms with Crippen molar-refractivity contribution in [2.45, 2.75) is 4.90 Å². The van der Waals surface area contributed by atoms with Gasteiger partial charge in [0.25, 0.3) is 0 Å². The highest BCUT2D eigenvalue weighted by Crippen LogP contribution is 2.39. The first-order valence-electron chi connectivity index (χ1n) is 5.13. The fourth-order valence-corrected chi connectivity index (χ4v) is 3.63. The van der Waals surface area contributed by atoms with E-state index in [0.717, 1.165) is 19.4 Å². The first-order chi connectivity index (χ1) is 8.74. The Labute approximate surface area is 120 Å². The van der Waals surface area contributed by atoms with Crippen LogP contribution in [0.4, 0.5) is 5.13 Å². The van der Waals surface area contributed by atoms with E-state index < -0.39 is 0 Å². The number of thiazole rings is 1. The van der Waals surface area contributed by atoms with Gasteiger partial charge in [0.1, 0.15) is 0 Å². The number of aromatic nitrogens is 1. The molecular formula is C12H7BrN2OS2. The van der Waals surface area contributed by atoms with Gasteiger partial charge in [-0.1, -0.05) is 35.2 Å². The number of hydrogen-bond donors (Lipinski definition) is 1. The van der Waals surface area contributed by atoms with Gasteiger partial charge in [-0.15, -0.1) is 0 Å². The lowest BCUT2D eigenvalue weighted by atomic mass is 10.1.